The summed E-state index contributed by atoms with van der Waals surface area (Å²) in [5, 5.41) is 3.35. The summed E-state index contributed by atoms with van der Waals surface area (Å²) in [6, 6.07) is 2.37. The lowest BCUT2D eigenvalue weighted by Gasteiger charge is -2.14. The van der Waals surface area contributed by atoms with Crippen molar-refractivity contribution in [3.05, 3.63) is 17.6 Å². The maximum absolute atomic E-state index is 5.47. The van der Waals surface area contributed by atoms with Crippen molar-refractivity contribution in [1.29, 1.82) is 0 Å². The molecule has 4 heteroatoms. The predicted molar refractivity (Wildman–Crippen MR) is 62.9 cm³/mol. The van der Waals surface area contributed by atoms with Crippen LogP contribution in [0.25, 0.3) is 0 Å². The molecule has 4 nitrogen and oxygen atoms in total. The fraction of sp³-hybridized carbons (Fsp3) is 0.636. The number of nitrogens with one attached hydrogen (secondary N) is 1. The van der Waals surface area contributed by atoms with Crippen molar-refractivity contribution in [2.45, 2.75) is 39.7 Å². The van der Waals surface area contributed by atoms with Crippen molar-refractivity contribution in [2.24, 2.45) is 5.73 Å². The van der Waals surface area contributed by atoms with Gasteiger partial charge in [0.2, 0.25) is 0 Å². The Morgan fingerprint density at radius 2 is 2.13 bits per heavy atom. The molecule has 1 aromatic rings. The minimum Gasteiger partial charge on any atom is -0.368 e. The molecule has 0 fully saturated rings. The molecule has 0 aliphatic carbocycles. The van der Waals surface area contributed by atoms with E-state index in [1.54, 1.807) is 0 Å². The maximum Gasteiger partial charge on any atom is 0.130 e. The summed E-state index contributed by atoms with van der Waals surface area (Å²) in [7, 11) is 0. The van der Waals surface area contributed by atoms with E-state index < -0.39 is 0 Å². The zero-order valence-corrected chi connectivity index (χ0v) is 9.75. The number of aromatic nitrogens is 2. The third-order valence-electron chi connectivity index (χ3n) is 2.20. The van der Waals surface area contributed by atoms with Gasteiger partial charge < -0.3 is 11.1 Å². The van der Waals surface area contributed by atoms with Crippen LogP contribution < -0.4 is 11.1 Å². The highest BCUT2D eigenvalue weighted by atomic mass is 15.0. The largest absolute Gasteiger partial charge is 0.368 e. The smallest absolute Gasteiger partial charge is 0.130 e. The summed E-state index contributed by atoms with van der Waals surface area (Å²) in [5.41, 5.74) is 6.46. The Morgan fingerprint density at radius 3 is 2.73 bits per heavy atom. The Labute approximate surface area is 91.3 Å². The number of rotatable bonds is 5. The SMILES string of the molecule is Cc1cc(NC(C)CCCN)nc(C)n1. The standard InChI is InChI=1S/C11H20N4/c1-8(5-4-6-12)14-11-7-9(2)13-10(3)15-11/h7-8H,4-6,12H2,1-3H3,(H,13,14,15). The molecule has 0 saturated carbocycles. The fourth-order valence-corrected chi connectivity index (χ4v) is 1.54. The van der Waals surface area contributed by atoms with Crippen molar-refractivity contribution in [3.63, 3.8) is 0 Å². The van der Waals surface area contributed by atoms with Crippen LogP contribution in [0.4, 0.5) is 5.82 Å². The molecule has 1 unspecified atom stereocenters. The van der Waals surface area contributed by atoms with Crippen LogP contribution in [0.2, 0.25) is 0 Å². The van der Waals surface area contributed by atoms with Gasteiger partial charge in [-0.3, -0.25) is 0 Å². The number of nitrogens with two attached hydrogens (primary N) is 1. The molecular formula is C11H20N4. The van der Waals surface area contributed by atoms with Crippen LogP contribution in [0.5, 0.6) is 0 Å². The third-order valence-corrected chi connectivity index (χ3v) is 2.20. The van der Waals surface area contributed by atoms with Crippen molar-refractivity contribution in [3.8, 4) is 0 Å². The molecule has 1 rings (SSSR count). The second-order valence-electron chi connectivity index (χ2n) is 3.92. The first kappa shape index (κ1) is 11.9. The van der Waals surface area contributed by atoms with E-state index in [9.17, 15) is 0 Å². The second kappa shape index (κ2) is 5.66. The van der Waals surface area contributed by atoms with E-state index in [4.69, 9.17) is 5.73 Å². The molecule has 0 aromatic carbocycles. The predicted octanol–water partition coefficient (Wildman–Crippen LogP) is 1.63. The van der Waals surface area contributed by atoms with Gasteiger partial charge in [-0.05, 0) is 40.2 Å². The number of nitrogens with zero attached hydrogens (tertiary/aromatic N) is 2. The number of hydrogen-bond acceptors (Lipinski definition) is 4. The van der Waals surface area contributed by atoms with Gasteiger partial charge >= 0.3 is 0 Å². The first-order valence-electron chi connectivity index (χ1n) is 5.40. The van der Waals surface area contributed by atoms with Crippen LogP contribution in [-0.4, -0.2) is 22.6 Å². The van der Waals surface area contributed by atoms with Crippen LogP contribution in [0, 0.1) is 13.8 Å². The first-order valence-corrected chi connectivity index (χ1v) is 5.40. The van der Waals surface area contributed by atoms with Gasteiger partial charge in [-0.1, -0.05) is 0 Å². The van der Waals surface area contributed by atoms with Gasteiger partial charge in [0.05, 0.1) is 0 Å². The molecule has 0 spiro atoms. The van der Waals surface area contributed by atoms with E-state index in [1.165, 1.54) is 0 Å². The van der Waals surface area contributed by atoms with Gasteiger partial charge in [0.1, 0.15) is 11.6 Å². The molecule has 0 bridgehead atoms. The van der Waals surface area contributed by atoms with Crippen molar-refractivity contribution < 1.29 is 0 Å². The minimum atomic E-state index is 0.405. The molecule has 1 aromatic heterocycles. The van der Waals surface area contributed by atoms with Crippen molar-refractivity contribution in [2.75, 3.05) is 11.9 Å². The average Bonchev–Trinajstić information content (AvgIpc) is 2.13. The number of anilines is 1. The Hall–Kier alpha value is -1.16. The zero-order valence-electron chi connectivity index (χ0n) is 9.75. The van der Waals surface area contributed by atoms with Gasteiger partial charge in [0.15, 0.2) is 0 Å². The van der Waals surface area contributed by atoms with Crippen LogP contribution in [0.15, 0.2) is 6.07 Å². The highest BCUT2D eigenvalue weighted by Gasteiger charge is 2.03. The molecule has 0 aliphatic heterocycles. The van der Waals surface area contributed by atoms with E-state index in [2.05, 4.69) is 22.2 Å². The molecular weight excluding hydrogens is 188 g/mol. The van der Waals surface area contributed by atoms with Crippen molar-refractivity contribution >= 4 is 5.82 Å². The van der Waals surface area contributed by atoms with Gasteiger partial charge in [-0.25, -0.2) is 9.97 Å². The molecule has 1 atom stereocenters. The molecule has 0 saturated heterocycles. The van der Waals surface area contributed by atoms with Crippen LogP contribution >= 0.6 is 0 Å². The van der Waals surface area contributed by atoms with Gasteiger partial charge in [0.25, 0.3) is 0 Å². The lowest BCUT2D eigenvalue weighted by atomic mass is 10.2. The lowest BCUT2D eigenvalue weighted by Crippen LogP contribution is -2.18. The highest BCUT2D eigenvalue weighted by molar-refractivity contribution is 5.36. The minimum absolute atomic E-state index is 0.405. The summed E-state index contributed by atoms with van der Waals surface area (Å²) in [5.74, 6) is 1.72. The third kappa shape index (κ3) is 4.25. The first-order chi connectivity index (χ1) is 7.11. The van der Waals surface area contributed by atoms with E-state index in [1.807, 2.05) is 19.9 Å². The topological polar surface area (TPSA) is 63.8 Å². The highest BCUT2D eigenvalue weighted by Crippen LogP contribution is 2.09. The Kier molecular flexibility index (Phi) is 4.49. The van der Waals surface area contributed by atoms with Gasteiger partial charge in [-0.15, -0.1) is 0 Å². The summed E-state index contributed by atoms with van der Waals surface area (Å²) in [6.45, 7) is 6.77. The summed E-state index contributed by atoms with van der Waals surface area (Å²) < 4.78 is 0. The monoisotopic (exact) mass is 208 g/mol. The molecule has 0 amide bonds. The quantitative estimate of drug-likeness (QED) is 0.772. The summed E-state index contributed by atoms with van der Waals surface area (Å²) in [4.78, 5) is 8.56. The van der Waals surface area contributed by atoms with Crippen LogP contribution in [0.3, 0.4) is 0 Å². The normalized spacial score (nSPS) is 12.5. The maximum atomic E-state index is 5.47. The molecule has 1 heterocycles. The van der Waals surface area contributed by atoms with E-state index in [0.717, 1.165) is 36.7 Å². The van der Waals surface area contributed by atoms with Crippen molar-refractivity contribution in [1.82, 2.24) is 9.97 Å². The fourth-order valence-electron chi connectivity index (χ4n) is 1.54. The Morgan fingerprint density at radius 1 is 1.40 bits per heavy atom. The number of aryl methyl sites for hydroxylation is 2. The van der Waals surface area contributed by atoms with E-state index in [-0.39, 0.29) is 0 Å². The zero-order chi connectivity index (χ0) is 11.3. The Balaban J connectivity index is 2.56. The molecule has 3 N–H and O–H groups in total. The molecule has 84 valence electrons. The second-order valence-corrected chi connectivity index (χ2v) is 3.92. The summed E-state index contributed by atoms with van der Waals surface area (Å²) >= 11 is 0. The number of hydrogen-bond donors (Lipinski definition) is 2. The van der Waals surface area contributed by atoms with Crippen LogP contribution in [0.1, 0.15) is 31.3 Å². The van der Waals surface area contributed by atoms with Crippen LogP contribution in [-0.2, 0) is 0 Å². The molecule has 0 aliphatic rings. The van der Waals surface area contributed by atoms with E-state index >= 15 is 0 Å². The molecule has 0 radical (unpaired) electrons. The molecule has 15 heavy (non-hydrogen) atoms. The van der Waals surface area contributed by atoms with Gasteiger partial charge in [0, 0.05) is 17.8 Å². The lowest BCUT2D eigenvalue weighted by molar-refractivity contribution is 0.660. The summed E-state index contributed by atoms with van der Waals surface area (Å²) in [6.07, 6.45) is 2.11. The van der Waals surface area contributed by atoms with Gasteiger partial charge in [-0.2, -0.15) is 0 Å². The Bertz CT molecular complexity index is 291. The average molecular weight is 208 g/mol. The van der Waals surface area contributed by atoms with E-state index in [0.29, 0.717) is 6.04 Å².